The molecule has 35 heavy (non-hydrogen) atoms. The minimum absolute atomic E-state index is 0.0672. The first-order chi connectivity index (χ1) is 16.5. The second-order valence-corrected chi connectivity index (χ2v) is 14.1. The predicted molar refractivity (Wildman–Crippen MR) is 133 cm³/mol. The number of hydrogen-bond donors (Lipinski definition) is 3. The number of rotatable bonds is 6. The van der Waals surface area contributed by atoms with Gasteiger partial charge in [0.25, 0.3) is 15.9 Å². The van der Waals surface area contributed by atoms with Crippen LogP contribution in [0.15, 0.2) is 26.0 Å². The zero-order chi connectivity index (χ0) is 25.0. The van der Waals surface area contributed by atoms with E-state index in [0.29, 0.717) is 12.5 Å². The summed E-state index contributed by atoms with van der Waals surface area (Å²) in [7, 11) is -7.74. The van der Waals surface area contributed by atoms with Crippen LogP contribution >= 0.6 is 11.3 Å². The van der Waals surface area contributed by atoms with Gasteiger partial charge in [0.15, 0.2) is 5.84 Å². The topological polar surface area (TPSA) is 145 Å². The molecule has 0 unspecified atom stereocenters. The van der Waals surface area contributed by atoms with Gasteiger partial charge in [0.2, 0.25) is 10.0 Å². The van der Waals surface area contributed by atoms with Crippen molar-refractivity contribution in [1.29, 1.82) is 0 Å². The van der Waals surface area contributed by atoms with Crippen LogP contribution in [0, 0.1) is 11.8 Å². The Morgan fingerprint density at radius 2 is 1.94 bits per heavy atom. The van der Waals surface area contributed by atoms with E-state index in [1.165, 1.54) is 6.42 Å². The molecule has 2 aliphatic carbocycles. The second kappa shape index (κ2) is 9.16. The molecule has 3 heterocycles. The van der Waals surface area contributed by atoms with Crippen LogP contribution in [0.5, 0.6) is 0 Å². The number of carbonyl (C=O) groups excluding carboxylic acids is 1. The zero-order valence-corrected chi connectivity index (χ0v) is 21.9. The van der Waals surface area contributed by atoms with E-state index < -0.39 is 20.0 Å². The lowest BCUT2D eigenvalue weighted by molar-refractivity contribution is -0.132. The van der Waals surface area contributed by atoms with E-state index >= 15 is 0 Å². The van der Waals surface area contributed by atoms with Crippen LogP contribution in [0.3, 0.4) is 0 Å². The number of fused-ring (bicyclic) bond motifs is 2. The van der Waals surface area contributed by atoms with Crippen LogP contribution < -0.4 is 10.0 Å². The molecular formula is C22H30N4O6S3. The predicted octanol–water partition coefficient (Wildman–Crippen LogP) is 2.71. The fourth-order valence-electron chi connectivity index (χ4n) is 5.80. The third kappa shape index (κ3) is 4.75. The number of aliphatic hydroxyl groups is 1. The van der Waals surface area contributed by atoms with Gasteiger partial charge in [0.05, 0.1) is 6.26 Å². The molecule has 1 amide bonds. The number of nitrogens with zero attached hydrogens (tertiary/aromatic N) is 2. The average molecular weight is 543 g/mol. The van der Waals surface area contributed by atoms with E-state index in [-0.39, 0.29) is 57.0 Å². The first kappa shape index (κ1) is 24.7. The maximum absolute atomic E-state index is 13.7. The van der Waals surface area contributed by atoms with E-state index in [1.54, 1.807) is 5.38 Å². The molecule has 2 aliphatic heterocycles. The van der Waals surface area contributed by atoms with E-state index in [1.807, 2.05) is 4.90 Å². The van der Waals surface area contributed by atoms with Crippen LogP contribution in [0.1, 0.15) is 56.9 Å². The molecule has 192 valence electrons. The van der Waals surface area contributed by atoms with Crippen LogP contribution in [0.4, 0.5) is 5.00 Å². The highest BCUT2D eigenvalue weighted by Crippen LogP contribution is 2.43. The van der Waals surface area contributed by atoms with Gasteiger partial charge in [0, 0.05) is 30.6 Å². The number of hydrogen-bond acceptors (Lipinski definition) is 8. The highest BCUT2D eigenvalue weighted by atomic mass is 32.2. The normalized spacial score (nSPS) is 26.8. The second-order valence-electron chi connectivity index (χ2n) is 9.88. The molecule has 5 rings (SSSR count). The molecule has 3 N–H and O–H groups in total. The molecule has 10 nitrogen and oxygen atoms in total. The first-order valence-electron chi connectivity index (χ1n) is 12.0. The fourth-order valence-corrected chi connectivity index (χ4v) is 8.82. The van der Waals surface area contributed by atoms with Gasteiger partial charge in [-0.05, 0) is 37.0 Å². The molecule has 2 saturated carbocycles. The Kier molecular flexibility index (Phi) is 6.47. The third-order valence-electron chi connectivity index (χ3n) is 7.42. The summed E-state index contributed by atoms with van der Waals surface area (Å²) in [4.78, 5) is 15.5. The zero-order valence-electron chi connectivity index (χ0n) is 19.5. The molecule has 0 aromatic carbocycles. The smallest absolute Gasteiger partial charge is 0.287 e. The SMILES string of the molecule is CS(=O)(=O)NCc1csc2c1S(=O)(=O)N=C(C1=C(O)[C@@H]3CCC[C@@H]3N(CC3CCCCC3)C1=O)N2. The third-order valence-corrected chi connectivity index (χ3v) is 10.6. The molecule has 0 spiro atoms. The van der Waals surface area contributed by atoms with Crippen LogP contribution in [-0.2, 0) is 31.4 Å². The number of amides is 1. The summed E-state index contributed by atoms with van der Waals surface area (Å²) in [6, 6.07) is -0.0695. The van der Waals surface area contributed by atoms with Crippen molar-refractivity contribution < 1.29 is 26.7 Å². The maximum atomic E-state index is 13.7. The summed E-state index contributed by atoms with van der Waals surface area (Å²) < 4.78 is 55.4. The highest BCUT2D eigenvalue weighted by Gasteiger charge is 2.47. The molecule has 1 aromatic rings. The van der Waals surface area contributed by atoms with Crippen molar-refractivity contribution in [3.05, 3.63) is 22.3 Å². The summed E-state index contributed by atoms with van der Waals surface area (Å²) >= 11 is 1.09. The van der Waals surface area contributed by atoms with Gasteiger partial charge in [0.1, 0.15) is 21.2 Å². The number of thiophene rings is 1. The van der Waals surface area contributed by atoms with Crippen molar-refractivity contribution in [3.63, 3.8) is 0 Å². The molecule has 13 heteroatoms. The number of aliphatic hydroxyl groups excluding tert-OH is 1. The van der Waals surface area contributed by atoms with Gasteiger partial charge in [-0.2, -0.15) is 8.42 Å². The Bertz CT molecular complexity index is 1310. The lowest BCUT2D eigenvalue weighted by atomic mass is 9.85. The van der Waals surface area contributed by atoms with Crippen molar-refractivity contribution in [2.45, 2.75) is 68.8 Å². The number of nitrogens with one attached hydrogen (secondary N) is 2. The van der Waals surface area contributed by atoms with Crippen LogP contribution in [-0.4, -0.2) is 57.4 Å². The largest absolute Gasteiger partial charge is 0.511 e. The number of sulfonamides is 2. The maximum Gasteiger partial charge on any atom is 0.287 e. The van der Waals surface area contributed by atoms with Gasteiger partial charge in [-0.15, -0.1) is 15.7 Å². The van der Waals surface area contributed by atoms with Crippen molar-refractivity contribution in [3.8, 4) is 0 Å². The van der Waals surface area contributed by atoms with Gasteiger partial charge < -0.3 is 15.3 Å². The summed E-state index contributed by atoms with van der Waals surface area (Å²) in [6.45, 7) is 0.421. The quantitative estimate of drug-likeness (QED) is 0.501. The Labute approximate surface area is 209 Å². The van der Waals surface area contributed by atoms with E-state index in [4.69, 9.17) is 0 Å². The number of carbonyl (C=O) groups is 1. The summed E-state index contributed by atoms with van der Waals surface area (Å²) in [6.07, 6.45) is 9.11. The summed E-state index contributed by atoms with van der Waals surface area (Å²) in [5.74, 6) is -0.440. The van der Waals surface area contributed by atoms with Crippen molar-refractivity contribution in [2.24, 2.45) is 16.2 Å². The molecule has 0 radical (unpaired) electrons. The highest BCUT2D eigenvalue weighted by molar-refractivity contribution is 7.91. The van der Waals surface area contributed by atoms with Gasteiger partial charge in [-0.1, -0.05) is 25.7 Å². The number of anilines is 1. The Balaban J connectivity index is 1.48. The van der Waals surface area contributed by atoms with Gasteiger partial charge >= 0.3 is 0 Å². The van der Waals surface area contributed by atoms with Crippen LogP contribution in [0.25, 0.3) is 0 Å². The molecular weight excluding hydrogens is 512 g/mol. The molecule has 2 fully saturated rings. The molecule has 4 aliphatic rings. The van der Waals surface area contributed by atoms with Gasteiger partial charge in [-0.25, -0.2) is 13.1 Å². The fraction of sp³-hybridized carbons (Fsp3) is 0.636. The molecule has 0 bridgehead atoms. The average Bonchev–Trinajstić information content (AvgIpc) is 3.43. The van der Waals surface area contributed by atoms with E-state index in [2.05, 4.69) is 14.4 Å². The minimum Gasteiger partial charge on any atom is -0.511 e. The summed E-state index contributed by atoms with van der Waals surface area (Å²) in [5.41, 5.74) is 0.205. The van der Waals surface area contributed by atoms with Crippen molar-refractivity contribution in [1.82, 2.24) is 9.62 Å². The minimum atomic E-state index is -4.22. The van der Waals surface area contributed by atoms with Gasteiger partial charge in [-0.3, -0.25) is 4.79 Å². The van der Waals surface area contributed by atoms with Crippen molar-refractivity contribution in [2.75, 3.05) is 18.1 Å². The lowest BCUT2D eigenvalue weighted by Crippen LogP contribution is -2.51. The molecule has 0 saturated heterocycles. The van der Waals surface area contributed by atoms with E-state index in [0.717, 1.165) is 62.5 Å². The Hall–Kier alpha value is -1.96. The van der Waals surface area contributed by atoms with Crippen LogP contribution in [0.2, 0.25) is 0 Å². The first-order valence-corrected chi connectivity index (χ1v) is 16.2. The molecule has 2 atom stereocenters. The standard InChI is InChI=1S/C22H30N4O6S3/c1-34(29,30)23-10-14-12-33-21-19(14)35(31,32)25-20(24-21)17-18(27)15-8-5-9-16(15)26(22(17)28)11-13-6-3-2-4-7-13/h12-13,15-16,23,27H,2-11H2,1H3,(H,24,25)/t15-,16+/m1/s1. The Morgan fingerprint density at radius 3 is 2.66 bits per heavy atom. The van der Waals surface area contributed by atoms with Crippen molar-refractivity contribution >= 4 is 48.1 Å². The van der Waals surface area contributed by atoms with E-state index in [9.17, 15) is 26.7 Å². The molecule has 1 aromatic heterocycles. The summed E-state index contributed by atoms with van der Waals surface area (Å²) in [5, 5.41) is 15.9. The Morgan fingerprint density at radius 1 is 1.20 bits per heavy atom. The lowest BCUT2D eigenvalue weighted by Gasteiger charge is -2.41. The number of amidine groups is 1. The monoisotopic (exact) mass is 542 g/mol.